The number of nitrogens with zero attached hydrogens (tertiary/aromatic N) is 1. The Bertz CT molecular complexity index is 575. The van der Waals surface area contributed by atoms with Crippen molar-refractivity contribution in [2.45, 2.75) is 24.6 Å². The molecule has 1 fully saturated rings. The maximum Gasteiger partial charge on any atom is 0.331 e. The Morgan fingerprint density at radius 3 is 2.52 bits per heavy atom. The number of carboxylic acids is 1. The normalized spacial score (nSPS) is 19.6. The highest BCUT2D eigenvalue weighted by molar-refractivity contribution is 8.14. The average molecular weight is 311 g/mol. The molecule has 0 bridgehead atoms. The van der Waals surface area contributed by atoms with Crippen LogP contribution in [0.15, 0.2) is 24.3 Å². The van der Waals surface area contributed by atoms with Gasteiger partial charge in [-0.1, -0.05) is 23.9 Å². The van der Waals surface area contributed by atoms with Crippen LogP contribution in [0.2, 0.25) is 0 Å². The molecule has 1 amide bonds. The summed E-state index contributed by atoms with van der Waals surface area (Å²) in [5.74, 6) is -1.96. The van der Waals surface area contributed by atoms with E-state index in [4.69, 9.17) is 0 Å². The van der Waals surface area contributed by atoms with Crippen LogP contribution in [0.25, 0.3) is 0 Å². The minimum atomic E-state index is -1.18. The number of carbonyl (C=O) groups is 3. The van der Waals surface area contributed by atoms with Gasteiger partial charge in [0.1, 0.15) is 5.82 Å². The number of aliphatic carboxylic acids is 1. The predicted molar refractivity (Wildman–Crippen MR) is 75.2 cm³/mol. The number of hydrogen-bond acceptors (Lipinski definition) is 4. The van der Waals surface area contributed by atoms with E-state index in [1.54, 1.807) is 0 Å². The standard InChI is InChI=1S/C14H14FNO4S/c1-8(17)21-11-6-12(18)16(7-11)13(14(19)20)9-2-4-10(15)5-3-9/h2-5,11,13H,6-7H2,1H3,(H,19,20). The molecule has 1 heterocycles. The Morgan fingerprint density at radius 2 is 2.00 bits per heavy atom. The lowest BCUT2D eigenvalue weighted by atomic mass is 10.1. The van der Waals surface area contributed by atoms with E-state index in [1.807, 2.05) is 0 Å². The van der Waals surface area contributed by atoms with Gasteiger partial charge in [-0.25, -0.2) is 9.18 Å². The second-order valence-electron chi connectivity index (χ2n) is 4.77. The van der Waals surface area contributed by atoms with E-state index in [1.165, 1.54) is 24.0 Å². The number of likely N-dealkylation sites (tertiary alicyclic amines) is 1. The third kappa shape index (κ3) is 3.60. The van der Waals surface area contributed by atoms with Crippen LogP contribution < -0.4 is 0 Å². The summed E-state index contributed by atoms with van der Waals surface area (Å²) < 4.78 is 12.9. The molecule has 1 aliphatic rings. The molecular weight excluding hydrogens is 297 g/mol. The highest BCUT2D eigenvalue weighted by Crippen LogP contribution is 2.31. The fourth-order valence-electron chi connectivity index (χ4n) is 2.36. The first-order valence-corrected chi connectivity index (χ1v) is 7.21. The number of benzene rings is 1. The fraction of sp³-hybridized carbons (Fsp3) is 0.357. The van der Waals surface area contributed by atoms with Gasteiger partial charge < -0.3 is 10.0 Å². The smallest absolute Gasteiger partial charge is 0.331 e. The Labute approximate surface area is 125 Å². The molecule has 2 unspecified atom stereocenters. The van der Waals surface area contributed by atoms with Gasteiger partial charge in [0.2, 0.25) is 5.91 Å². The van der Waals surface area contributed by atoms with Gasteiger partial charge in [0.25, 0.3) is 0 Å². The minimum absolute atomic E-state index is 0.108. The first-order valence-electron chi connectivity index (χ1n) is 6.33. The molecule has 0 radical (unpaired) electrons. The van der Waals surface area contributed by atoms with Crippen molar-refractivity contribution in [2.24, 2.45) is 0 Å². The molecule has 1 aromatic carbocycles. The molecule has 112 valence electrons. The summed E-state index contributed by atoms with van der Waals surface area (Å²) in [6, 6.07) is 3.87. The maximum atomic E-state index is 12.9. The zero-order valence-corrected chi connectivity index (χ0v) is 12.1. The quantitative estimate of drug-likeness (QED) is 0.918. The van der Waals surface area contributed by atoms with Gasteiger partial charge in [0, 0.05) is 25.1 Å². The van der Waals surface area contributed by atoms with E-state index < -0.39 is 17.8 Å². The van der Waals surface area contributed by atoms with Crippen LogP contribution in [0.4, 0.5) is 4.39 Å². The van der Waals surface area contributed by atoms with Gasteiger partial charge >= 0.3 is 5.97 Å². The van der Waals surface area contributed by atoms with Crippen molar-refractivity contribution in [3.05, 3.63) is 35.6 Å². The molecule has 1 saturated heterocycles. The summed E-state index contributed by atoms with van der Waals surface area (Å²) in [4.78, 5) is 35.8. The number of carboxylic acid groups (broad SMARTS) is 1. The molecule has 7 heteroatoms. The van der Waals surface area contributed by atoms with E-state index in [0.717, 1.165) is 23.9 Å². The monoisotopic (exact) mass is 311 g/mol. The summed E-state index contributed by atoms with van der Waals surface area (Å²) >= 11 is 1.04. The van der Waals surface area contributed by atoms with Crippen LogP contribution in [-0.4, -0.2) is 38.8 Å². The van der Waals surface area contributed by atoms with Crippen molar-refractivity contribution in [3.8, 4) is 0 Å². The molecule has 0 saturated carbocycles. The largest absolute Gasteiger partial charge is 0.479 e. The minimum Gasteiger partial charge on any atom is -0.479 e. The number of carbonyl (C=O) groups excluding carboxylic acids is 2. The van der Waals surface area contributed by atoms with Crippen LogP contribution in [0.5, 0.6) is 0 Å². The van der Waals surface area contributed by atoms with Gasteiger partial charge in [-0.05, 0) is 17.7 Å². The van der Waals surface area contributed by atoms with Gasteiger partial charge in [0.15, 0.2) is 11.2 Å². The van der Waals surface area contributed by atoms with Crippen LogP contribution in [0.1, 0.15) is 24.9 Å². The van der Waals surface area contributed by atoms with Crippen molar-refractivity contribution in [2.75, 3.05) is 6.54 Å². The lowest BCUT2D eigenvalue weighted by Crippen LogP contribution is -2.35. The summed E-state index contributed by atoms with van der Waals surface area (Å²) in [5.41, 5.74) is 0.339. The number of thioether (sulfide) groups is 1. The van der Waals surface area contributed by atoms with Crippen molar-refractivity contribution < 1.29 is 23.9 Å². The fourth-order valence-corrected chi connectivity index (χ4v) is 3.29. The molecule has 1 aromatic rings. The van der Waals surface area contributed by atoms with Crippen molar-refractivity contribution in [1.29, 1.82) is 0 Å². The van der Waals surface area contributed by atoms with Crippen LogP contribution in [0, 0.1) is 5.82 Å². The SMILES string of the molecule is CC(=O)SC1CC(=O)N(C(C(=O)O)c2ccc(F)cc2)C1. The Balaban J connectivity index is 2.23. The molecule has 2 atom stereocenters. The molecule has 0 spiro atoms. The zero-order chi connectivity index (χ0) is 15.6. The molecule has 21 heavy (non-hydrogen) atoms. The Kier molecular flexibility index (Phi) is 4.62. The summed E-state index contributed by atoms with van der Waals surface area (Å²) in [6.45, 7) is 1.60. The molecule has 5 nitrogen and oxygen atoms in total. The van der Waals surface area contributed by atoms with Gasteiger partial charge in [-0.3, -0.25) is 9.59 Å². The number of rotatable bonds is 4. The predicted octanol–water partition coefficient (Wildman–Crippen LogP) is 1.83. The molecule has 0 aromatic heterocycles. The van der Waals surface area contributed by atoms with Crippen molar-refractivity contribution in [1.82, 2.24) is 4.90 Å². The van der Waals surface area contributed by atoms with Crippen molar-refractivity contribution >= 4 is 28.8 Å². The van der Waals surface area contributed by atoms with Crippen LogP contribution in [0.3, 0.4) is 0 Å². The molecule has 1 N–H and O–H groups in total. The van der Waals surface area contributed by atoms with E-state index in [9.17, 15) is 23.9 Å². The van der Waals surface area contributed by atoms with Crippen molar-refractivity contribution in [3.63, 3.8) is 0 Å². The molecular formula is C14H14FNO4S. The maximum absolute atomic E-state index is 12.9. The third-order valence-corrected chi connectivity index (χ3v) is 4.17. The van der Waals surface area contributed by atoms with E-state index in [-0.39, 0.29) is 29.2 Å². The zero-order valence-electron chi connectivity index (χ0n) is 11.3. The third-order valence-electron chi connectivity index (χ3n) is 3.19. The average Bonchev–Trinajstić information content (AvgIpc) is 2.71. The topological polar surface area (TPSA) is 74.7 Å². The molecule has 1 aliphatic heterocycles. The van der Waals surface area contributed by atoms with Crippen LogP contribution >= 0.6 is 11.8 Å². The molecule has 0 aliphatic carbocycles. The lowest BCUT2D eigenvalue weighted by Gasteiger charge is -2.25. The highest BCUT2D eigenvalue weighted by Gasteiger charge is 2.39. The highest BCUT2D eigenvalue weighted by atomic mass is 32.2. The number of amides is 1. The second-order valence-corrected chi connectivity index (χ2v) is 6.25. The van der Waals surface area contributed by atoms with E-state index >= 15 is 0 Å². The van der Waals surface area contributed by atoms with E-state index in [2.05, 4.69) is 0 Å². The van der Waals surface area contributed by atoms with Gasteiger partial charge in [0.05, 0.1) is 0 Å². The Morgan fingerprint density at radius 1 is 1.38 bits per heavy atom. The summed E-state index contributed by atoms with van der Waals surface area (Å²) in [6.07, 6.45) is 0.134. The first-order chi connectivity index (χ1) is 9.88. The van der Waals surface area contributed by atoms with Gasteiger partial charge in [-0.2, -0.15) is 0 Å². The van der Waals surface area contributed by atoms with Gasteiger partial charge in [-0.15, -0.1) is 0 Å². The number of hydrogen-bond donors (Lipinski definition) is 1. The Hall–Kier alpha value is -1.89. The lowest BCUT2D eigenvalue weighted by molar-refractivity contribution is -0.148. The summed E-state index contributed by atoms with van der Waals surface area (Å²) in [5, 5.41) is 9.03. The first kappa shape index (κ1) is 15.5. The second kappa shape index (κ2) is 6.26. The van der Waals surface area contributed by atoms with Crippen LogP contribution in [-0.2, 0) is 14.4 Å². The molecule has 2 rings (SSSR count). The van der Waals surface area contributed by atoms with E-state index in [0.29, 0.717) is 5.56 Å². The summed E-state index contributed by atoms with van der Waals surface area (Å²) in [7, 11) is 0. The number of halogens is 1.